The number of rotatable bonds is 0. The Labute approximate surface area is 82.7 Å². The molecule has 0 aromatic heterocycles. The van der Waals surface area contributed by atoms with Gasteiger partial charge in [0, 0.05) is 17.0 Å². The molecule has 13 heavy (non-hydrogen) atoms. The fraction of sp³-hybridized carbons (Fsp3) is 0.364. The Bertz CT molecular complexity index is 369. The lowest BCUT2D eigenvalue weighted by Gasteiger charge is -2.17. The highest BCUT2D eigenvalue weighted by Crippen LogP contribution is 2.29. The van der Waals surface area contributed by atoms with E-state index in [0.717, 1.165) is 34.6 Å². The molecule has 0 N–H and O–H groups in total. The smallest absolute Gasteiger partial charge is 0.163 e. The van der Waals surface area contributed by atoms with Crippen LogP contribution in [0.15, 0.2) is 12.1 Å². The van der Waals surface area contributed by atoms with E-state index in [2.05, 4.69) is 0 Å². The first-order valence-electron chi connectivity index (χ1n) is 4.51. The predicted molar refractivity (Wildman–Crippen MR) is 53.5 cm³/mol. The Kier molecular flexibility index (Phi) is 2.12. The van der Waals surface area contributed by atoms with Gasteiger partial charge in [-0.15, -0.1) is 0 Å². The summed E-state index contributed by atoms with van der Waals surface area (Å²) in [6, 6.07) is 3.80. The number of halogens is 1. The highest BCUT2D eigenvalue weighted by molar-refractivity contribution is 6.32. The van der Waals surface area contributed by atoms with Crippen molar-refractivity contribution < 1.29 is 4.79 Å². The summed E-state index contributed by atoms with van der Waals surface area (Å²) in [6.45, 7) is 1.97. The van der Waals surface area contributed by atoms with E-state index in [0.29, 0.717) is 6.42 Å². The van der Waals surface area contributed by atoms with Gasteiger partial charge in [-0.1, -0.05) is 17.7 Å². The summed E-state index contributed by atoms with van der Waals surface area (Å²) in [5.74, 6) is 0.251. The molecule has 1 aromatic rings. The van der Waals surface area contributed by atoms with Gasteiger partial charge in [-0.25, -0.2) is 0 Å². The van der Waals surface area contributed by atoms with E-state index >= 15 is 0 Å². The molecule has 0 heterocycles. The molecule has 68 valence electrons. The van der Waals surface area contributed by atoms with Crippen molar-refractivity contribution in [3.63, 3.8) is 0 Å². The van der Waals surface area contributed by atoms with Crippen LogP contribution in [0.3, 0.4) is 0 Å². The van der Waals surface area contributed by atoms with Crippen molar-refractivity contribution in [2.75, 3.05) is 0 Å². The minimum absolute atomic E-state index is 0.251. The minimum atomic E-state index is 0.251. The van der Waals surface area contributed by atoms with Gasteiger partial charge in [-0.05, 0) is 37.0 Å². The molecule has 0 saturated carbocycles. The Hall–Kier alpha value is -0.820. The summed E-state index contributed by atoms with van der Waals surface area (Å²) in [7, 11) is 0. The molecule has 2 rings (SSSR count). The quantitative estimate of drug-likeness (QED) is 0.620. The van der Waals surface area contributed by atoms with Gasteiger partial charge in [0.25, 0.3) is 0 Å². The van der Waals surface area contributed by atoms with Gasteiger partial charge >= 0.3 is 0 Å². The summed E-state index contributed by atoms with van der Waals surface area (Å²) in [5, 5.41) is 0.744. The maximum Gasteiger partial charge on any atom is 0.163 e. The Morgan fingerprint density at radius 1 is 1.31 bits per heavy atom. The standard InChI is InChI=1S/C11H11ClO/c1-7-5-6-9(12)8-3-2-4-10(13)11(7)8/h5-6H,2-4H2,1H3. The number of fused-ring (bicyclic) bond motifs is 1. The normalized spacial score (nSPS) is 15.7. The van der Waals surface area contributed by atoms with Gasteiger partial charge in [0.05, 0.1) is 0 Å². The first-order valence-corrected chi connectivity index (χ1v) is 4.89. The molecular weight excluding hydrogens is 184 g/mol. The first-order chi connectivity index (χ1) is 6.20. The number of benzene rings is 1. The molecule has 0 spiro atoms. The second-order valence-electron chi connectivity index (χ2n) is 3.49. The van der Waals surface area contributed by atoms with Gasteiger partial charge in [-0.3, -0.25) is 4.79 Å². The van der Waals surface area contributed by atoms with E-state index in [1.807, 2.05) is 19.1 Å². The number of carbonyl (C=O) groups is 1. The van der Waals surface area contributed by atoms with E-state index < -0.39 is 0 Å². The van der Waals surface area contributed by atoms with Crippen molar-refractivity contribution in [2.24, 2.45) is 0 Å². The lowest BCUT2D eigenvalue weighted by atomic mass is 9.88. The SMILES string of the molecule is Cc1ccc(Cl)c2c1C(=O)CCC2. The molecule has 1 aromatic carbocycles. The third-order valence-electron chi connectivity index (χ3n) is 2.57. The number of hydrogen-bond donors (Lipinski definition) is 0. The maximum absolute atomic E-state index is 11.6. The van der Waals surface area contributed by atoms with Crippen LogP contribution in [0.4, 0.5) is 0 Å². The molecule has 1 aliphatic rings. The fourth-order valence-corrected chi connectivity index (χ4v) is 2.17. The minimum Gasteiger partial charge on any atom is -0.294 e. The van der Waals surface area contributed by atoms with Crippen LogP contribution in [0.2, 0.25) is 5.02 Å². The van der Waals surface area contributed by atoms with Gasteiger partial charge in [0.2, 0.25) is 0 Å². The van der Waals surface area contributed by atoms with Crippen molar-refractivity contribution in [1.29, 1.82) is 0 Å². The van der Waals surface area contributed by atoms with E-state index in [1.54, 1.807) is 0 Å². The topological polar surface area (TPSA) is 17.1 Å². The van der Waals surface area contributed by atoms with E-state index in [1.165, 1.54) is 0 Å². The molecule has 0 amide bonds. The summed E-state index contributed by atoms with van der Waals surface area (Å²) in [6.07, 6.45) is 2.56. The third-order valence-corrected chi connectivity index (χ3v) is 2.93. The van der Waals surface area contributed by atoms with E-state index in [4.69, 9.17) is 11.6 Å². The van der Waals surface area contributed by atoms with Crippen molar-refractivity contribution in [3.05, 3.63) is 33.8 Å². The summed E-state index contributed by atoms with van der Waals surface area (Å²) in [5.41, 5.74) is 2.99. The lowest BCUT2D eigenvalue weighted by molar-refractivity contribution is 0.0972. The van der Waals surface area contributed by atoms with Gasteiger partial charge in [0.1, 0.15) is 0 Å². The highest BCUT2D eigenvalue weighted by atomic mass is 35.5. The zero-order valence-corrected chi connectivity index (χ0v) is 8.32. The van der Waals surface area contributed by atoms with Crippen LogP contribution < -0.4 is 0 Å². The fourth-order valence-electron chi connectivity index (χ4n) is 1.92. The number of carbonyl (C=O) groups excluding carboxylic acids is 1. The number of ketones is 1. The molecule has 1 nitrogen and oxygen atoms in total. The summed E-state index contributed by atoms with van der Waals surface area (Å²) in [4.78, 5) is 11.6. The Morgan fingerprint density at radius 3 is 2.77 bits per heavy atom. The van der Waals surface area contributed by atoms with Crippen molar-refractivity contribution in [1.82, 2.24) is 0 Å². The Balaban J connectivity index is 2.67. The van der Waals surface area contributed by atoms with Crippen molar-refractivity contribution in [3.8, 4) is 0 Å². The van der Waals surface area contributed by atoms with E-state index in [-0.39, 0.29) is 5.78 Å². The largest absolute Gasteiger partial charge is 0.294 e. The first kappa shape index (κ1) is 8.76. The molecule has 0 bridgehead atoms. The predicted octanol–water partition coefficient (Wildman–Crippen LogP) is 3.17. The molecule has 1 aliphatic carbocycles. The summed E-state index contributed by atoms with van der Waals surface area (Å²) < 4.78 is 0. The number of hydrogen-bond acceptors (Lipinski definition) is 1. The molecule has 0 radical (unpaired) electrons. The third kappa shape index (κ3) is 1.37. The lowest BCUT2D eigenvalue weighted by Crippen LogP contribution is -2.12. The molecule has 0 unspecified atom stereocenters. The molecule has 0 fully saturated rings. The van der Waals surface area contributed by atoms with Gasteiger partial charge in [0.15, 0.2) is 5.78 Å². The molecule has 2 heteroatoms. The maximum atomic E-state index is 11.6. The van der Waals surface area contributed by atoms with E-state index in [9.17, 15) is 4.79 Å². The molecular formula is C11H11ClO. The van der Waals surface area contributed by atoms with Crippen LogP contribution in [0.25, 0.3) is 0 Å². The Morgan fingerprint density at radius 2 is 2.08 bits per heavy atom. The van der Waals surface area contributed by atoms with Crippen LogP contribution in [-0.4, -0.2) is 5.78 Å². The van der Waals surface area contributed by atoms with Crippen molar-refractivity contribution >= 4 is 17.4 Å². The van der Waals surface area contributed by atoms with Crippen LogP contribution in [-0.2, 0) is 6.42 Å². The van der Waals surface area contributed by atoms with Crippen LogP contribution in [0.5, 0.6) is 0 Å². The highest BCUT2D eigenvalue weighted by Gasteiger charge is 2.20. The van der Waals surface area contributed by atoms with Crippen LogP contribution in [0.1, 0.15) is 34.3 Å². The van der Waals surface area contributed by atoms with Gasteiger partial charge in [-0.2, -0.15) is 0 Å². The monoisotopic (exact) mass is 194 g/mol. The zero-order chi connectivity index (χ0) is 9.42. The van der Waals surface area contributed by atoms with Crippen LogP contribution >= 0.6 is 11.6 Å². The van der Waals surface area contributed by atoms with Gasteiger partial charge < -0.3 is 0 Å². The summed E-state index contributed by atoms with van der Waals surface area (Å²) >= 11 is 6.03. The molecule has 0 aliphatic heterocycles. The average molecular weight is 195 g/mol. The number of Topliss-reactive ketones (excluding diaryl/α,β-unsaturated/α-hetero) is 1. The van der Waals surface area contributed by atoms with Crippen LogP contribution in [0, 0.1) is 6.92 Å². The second kappa shape index (κ2) is 3.15. The molecule has 0 atom stereocenters. The average Bonchev–Trinajstić information content (AvgIpc) is 2.12. The second-order valence-corrected chi connectivity index (χ2v) is 3.90. The molecule has 0 saturated heterocycles. The van der Waals surface area contributed by atoms with Crippen molar-refractivity contribution in [2.45, 2.75) is 26.2 Å². The number of aryl methyl sites for hydroxylation is 1. The zero-order valence-electron chi connectivity index (χ0n) is 7.56.